The van der Waals surface area contributed by atoms with Crippen LogP contribution in [0.5, 0.6) is 5.88 Å². The first-order valence-electron chi connectivity index (χ1n) is 4.17. The van der Waals surface area contributed by atoms with Gasteiger partial charge < -0.3 is 10.5 Å². The van der Waals surface area contributed by atoms with E-state index in [0.717, 1.165) is 0 Å². The molecule has 2 N–H and O–H groups in total. The second kappa shape index (κ2) is 4.78. The maximum atomic E-state index is 13.0. The molecule has 0 saturated carbocycles. The van der Waals surface area contributed by atoms with E-state index in [1.807, 2.05) is 0 Å². The van der Waals surface area contributed by atoms with Gasteiger partial charge in [0, 0.05) is 12.1 Å². The lowest BCUT2D eigenvalue weighted by atomic mass is 10.1. The fourth-order valence-corrected chi connectivity index (χ4v) is 1.14. The van der Waals surface area contributed by atoms with Crippen molar-refractivity contribution in [2.45, 2.75) is 19.3 Å². The molecular weight excluding hydrogens is 254 g/mol. The number of nitrogens with zero attached hydrogens (tertiary/aromatic N) is 1. The van der Waals surface area contributed by atoms with Crippen LogP contribution >= 0.6 is 0 Å². The van der Waals surface area contributed by atoms with Crippen LogP contribution in [-0.2, 0) is 6.54 Å². The van der Waals surface area contributed by atoms with Gasteiger partial charge in [-0.2, -0.15) is 0 Å². The van der Waals surface area contributed by atoms with Gasteiger partial charge in [0.1, 0.15) is 5.82 Å². The van der Waals surface area contributed by atoms with Crippen molar-refractivity contribution in [3.63, 3.8) is 0 Å². The Hall–Kier alpha value is -1.51. The van der Waals surface area contributed by atoms with E-state index in [1.54, 1.807) is 0 Å². The Bertz CT molecular complexity index is 406. The van der Waals surface area contributed by atoms with Crippen LogP contribution in [0.25, 0.3) is 0 Å². The molecule has 1 rings (SSSR count). The number of pyridine rings is 1. The molecule has 0 radical (unpaired) electrons. The highest BCUT2D eigenvalue weighted by Gasteiger charge is 2.35. The number of hydrogen-bond donors (Lipinski definition) is 1. The number of alkyl halides is 5. The zero-order valence-corrected chi connectivity index (χ0v) is 8.06. The highest BCUT2D eigenvalue weighted by molar-refractivity contribution is 5.36. The van der Waals surface area contributed by atoms with Gasteiger partial charge in [0.15, 0.2) is 0 Å². The monoisotopic (exact) mass is 260 g/mol. The molecule has 0 aliphatic heterocycles. The van der Waals surface area contributed by atoms with Gasteiger partial charge in [-0.25, -0.2) is 18.2 Å². The highest BCUT2D eigenvalue weighted by Crippen LogP contribution is 2.34. The second-order valence-corrected chi connectivity index (χ2v) is 2.86. The summed E-state index contributed by atoms with van der Waals surface area (Å²) in [6.45, 7) is -0.692. The molecular formula is C8H6F6N2O. The molecule has 9 heteroatoms. The minimum Gasteiger partial charge on any atom is -0.387 e. The molecule has 0 aliphatic rings. The lowest BCUT2D eigenvalue weighted by Crippen LogP contribution is -2.20. The van der Waals surface area contributed by atoms with Crippen molar-refractivity contribution in [1.29, 1.82) is 0 Å². The van der Waals surface area contributed by atoms with Crippen molar-refractivity contribution in [3.8, 4) is 5.88 Å². The average molecular weight is 260 g/mol. The van der Waals surface area contributed by atoms with E-state index in [-0.39, 0.29) is 0 Å². The lowest BCUT2D eigenvalue weighted by molar-refractivity contribution is -0.276. The van der Waals surface area contributed by atoms with Gasteiger partial charge in [-0.1, -0.05) is 0 Å². The molecule has 0 atom stereocenters. The molecule has 0 unspecified atom stereocenters. The van der Waals surface area contributed by atoms with E-state index < -0.39 is 42.2 Å². The Kier molecular flexibility index (Phi) is 3.81. The van der Waals surface area contributed by atoms with Gasteiger partial charge >= 0.3 is 6.36 Å². The van der Waals surface area contributed by atoms with Crippen molar-refractivity contribution in [1.82, 2.24) is 4.98 Å². The summed E-state index contributed by atoms with van der Waals surface area (Å²) in [5.41, 5.74) is 2.94. The third-order valence-corrected chi connectivity index (χ3v) is 1.77. The molecule has 0 aliphatic carbocycles. The van der Waals surface area contributed by atoms with E-state index in [4.69, 9.17) is 5.73 Å². The molecule has 0 saturated heterocycles. The minimum absolute atomic E-state index is 0.342. The van der Waals surface area contributed by atoms with Gasteiger partial charge in [0.05, 0.1) is 11.8 Å². The summed E-state index contributed by atoms with van der Waals surface area (Å²) in [7, 11) is 0. The van der Waals surface area contributed by atoms with Gasteiger partial charge in [-0.05, 0) is 0 Å². The van der Waals surface area contributed by atoms with Gasteiger partial charge in [0.25, 0.3) is 6.43 Å². The molecule has 17 heavy (non-hydrogen) atoms. The second-order valence-electron chi connectivity index (χ2n) is 2.86. The largest absolute Gasteiger partial charge is 0.574 e. The van der Waals surface area contributed by atoms with Crippen LogP contribution in [0.3, 0.4) is 0 Å². The minimum atomic E-state index is -5.19. The fourth-order valence-electron chi connectivity index (χ4n) is 1.14. The van der Waals surface area contributed by atoms with Crippen LogP contribution < -0.4 is 10.5 Å². The molecule has 0 amide bonds. The molecule has 1 aromatic heterocycles. The molecule has 0 aromatic carbocycles. The third-order valence-electron chi connectivity index (χ3n) is 1.77. The molecule has 1 aromatic rings. The Morgan fingerprint density at radius 2 is 1.94 bits per heavy atom. The van der Waals surface area contributed by atoms with Crippen LogP contribution in [0.2, 0.25) is 0 Å². The summed E-state index contributed by atoms with van der Waals surface area (Å²) in [5.74, 6) is -2.60. The van der Waals surface area contributed by atoms with Crippen molar-refractivity contribution in [3.05, 3.63) is 23.1 Å². The molecule has 1 heterocycles. The van der Waals surface area contributed by atoms with Crippen LogP contribution in [0, 0.1) is 5.82 Å². The van der Waals surface area contributed by atoms with E-state index in [0.29, 0.717) is 6.20 Å². The van der Waals surface area contributed by atoms with Crippen LogP contribution in [0.1, 0.15) is 17.6 Å². The topological polar surface area (TPSA) is 48.1 Å². The van der Waals surface area contributed by atoms with Gasteiger partial charge in [-0.3, -0.25) is 0 Å². The zero-order chi connectivity index (χ0) is 13.2. The normalized spacial score (nSPS) is 12.0. The number of halogens is 6. The quantitative estimate of drug-likeness (QED) is 0.849. The van der Waals surface area contributed by atoms with Crippen LogP contribution in [-0.4, -0.2) is 11.3 Å². The first-order chi connectivity index (χ1) is 7.76. The summed E-state index contributed by atoms with van der Waals surface area (Å²) in [5, 5.41) is 0. The average Bonchev–Trinajstić information content (AvgIpc) is 2.17. The maximum Gasteiger partial charge on any atom is 0.574 e. The summed E-state index contributed by atoms with van der Waals surface area (Å²) >= 11 is 0. The van der Waals surface area contributed by atoms with E-state index in [2.05, 4.69) is 9.72 Å². The molecule has 0 fully saturated rings. The lowest BCUT2D eigenvalue weighted by Gasteiger charge is -2.14. The smallest absolute Gasteiger partial charge is 0.387 e. The fraction of sp³-hybridized carbons (Fsp3) is 0.375. The zero-order valence-electron chi connectivity index (χ0n) is 8.06. The number of nitrogens with two attached hydrogens (primary N) is 1. The Morgan fingerprint density at radius 3 is 2.35 bits per heavy atom. The van der Waals surface area contributed by atoms with Gasteiger partial charge in [0.2, 0.25) is 5.88 Å². The Labute approximate surface area is 91.2 Å². The van der Waals surface area contributed by atoms with Gasteiger partial charge in [-0.15, -0.1) is 13.2 Å². The maximum absolute atomic E-state index is 13.0. The Balaban J connectivity index is 3.30. The summed E-state index contributed by atoms with van der Waals surface area (Å²) in [6.07, 6.45) is -8.23. The molecule has 3 nitrogen and oxygen atoms in total. The van der Waals surface area contributed by atoms with Crippen LogP contribution in [0.4, 0.5) is 26.3 Å². The number of hydrogen-bond acceptors (Lipinski definition) is 3. The van der Waals surface area contributed by atoms with E-state index >= 15 is 0 Å². The van der Waals surface area contributed by atoms with Crippen molar-refractivity contribution >= 4 is 0 Å². The standard InChI is InChI=1S/C8H6F6N2O/c9-4-2-16-7(17-8(12,13)14)5(6(10)11)3(4)1-15/h2,6H,1,15H2. The predicted molar refractivity (Wildman–Crippen MR) is 43.7 cm³/mol. The third kappa shape index (κ3) is 3.22. The van der Waals surface area contributed by atoms with Crippen molar-refractivity contribution < 1.29 is 31.1 Å². The van der Waals surface area contributed by atoms with E-state index in [1.165, 1.54) is 0 Å². The molecule has 0 bridgehead atoms. The van der Waals surface area contributed by atoms with Crippen molar-refractivity contribution in [2.24, 2.45) is 5.73 Å². The summed E-state index contributed by atoms with van der Waals surface area (Å²) < 4.78 is 77.0. The first-order valence-corrected chi connectivity index (χ1v) is 4.17. The number of aromatic nitrogens is 1. The van der Waals surface area contributed by atoms with Crippen LogP contribution in [0.15, 0.2) is 6.20 Å². The van der Waals surface area contributed by atoms with E-state index in [9.17, 15) is 26.3 Å². The summed E-state index contributed by atoms with van der Waals surface area (Å²) in [4.78, 5) is 2.84. The SMILES string of the molecule is NCc1c(F)cnc(OC(F)(F)F)c1C(F)F. The molecule has 96 valence electrons. The summed E-state index contributed by atoms with van der Waals surface area (Å²) in [6, 6.07) is 0. The molecule has 0 spiro atoms. The first kappa shape index (κ1) is 13.6. The predicted octanol–water partition coefficient (Wildman–Crippen LogP) is 2.52. The highest BCUT2D eigenvalue weighted by atomic mass is 19.4. The Morgan fingerprint density at radius 1 is 1.35 bits per heavy atom. The van der Waals surface area contributed by atoms with Crippen molar-refractivity contribution in [2.75, 3.05) is 0 Å². The number of ether oxygens (including phenoxy) is 1. The number of rotatable bonds is 3.